The van der Waals surface area contributed by atoms with Crippen LogP contribution in [0.25, 0.3) is 0 Å². The third kappa shape index (κ3) is 3.91. The molecule has 0 aromatic carbocycles. The van der Waals surface area contributed by atoms with Crippen LogP contribution in [-0.2, 0) is 14.8 Å². The van der Waals surface area contributed by atoms with Crippen molar-refractivity contribution in [1.82, 2.24) is 9.62 Å². The number of nitrogens with one attached hydrogen (secondary N) is 1. The smallest absolute Gasteiger partial charge is 0.211 e. The maximum atomic E-state index is 11.5. The van der Waals surface area contributed by atoms with E-state index in [4.69, 9.17) is 4.74 Å². The monoisotopic (exact) mass is 262 g/mol. The van der Waals surface area contributed by atoms with Crippen LogP contribution in [0.2, 0.25) is 0 Å². The fourth-order valence-electron chi connectivity index (χ4n) is 2.52. The third-order valence-corrected chi connectivity index (χ3v) is 4.85. The lowest BCUT2D eigenvalue weighted by molar-refractivity contribution is 0.187. The summed E-state index contributed by atoms with van der Waals surface area (Å²) in [6.45, 7) is 3.89. The van der Waals surface area contributed by atoms with Gasteiger partial charge >= 0.3 is 0 Å². The first kappa shape index (κ1) is 13.3. The zero-order valence-corrected chi connectivity index (χ0v) is 11.2. The predicted molar refractivity (Wildman–Crippen MR) is 66.4 cm³/mol. The SMILES string of the molecule is CS(=O)(=O)N1CCCC(CNC2CCOC2)C1. The Kier molecular flexibility index (Phi) is 4.41. The quantitative estimate of drug-likeness (QED) is 0.777. The molecule has 0 aromatic rings. The second-order valence-corrected chi connectivity index (χ2v) is 7.08. The first-order valence-corrected chi connectivity index (χ1v) is 8.17. The summed E-state index contributed by atoms with van der Waals surface area (Å²) < 4.78 is 29.9. The molecule has 0 bridgehead atoms. The molecule has 2 aliphatic heterocycles. The van der Waals surface area contributed by atoms with Gasteiger partial charge < -0.3 is 10.1 Å². The van der Waals surface area contributed by atoms with Gasteiger partial charge in [0.1, 0.15) is 0 Å². The number of piperidine rings is 1. The summed E-state index contributed by atoms with van der Waals surface area (Å²) in [7, 11) is -3.02. The molecule has 1 N–H and O–H groups in total. The molecule has 0 amide bonds. The minimum Gasteiger partial charge on any atom is -0.380 e. The molecule has 2 rings (SSSR count). The van der Waals surface area contributed by atoms with Crippen molar-refractivity contribution in [3.63, 3.8) is 0 Å². The van der Waals surface area contributed by atoms with Crippen molar-refractivity contribution in [3.8, 4) is 0 Å². The first-order chi connectivity index (χ1) is 8.05. The molecule has 2 saturated heterocycles. The van der Waals surface area contributed by atoms with Crippen LogP contribution >= 0.6 is 0 Å². The fraction of sp³-hybridized carbons (Fsp3) is 1.00. The van der Waals surface area contributed by atoms with Gasteiger partial charge in [-0.05, 0) is 31.7 Å². The zero-order valence-electron chi connectivity index (χ0n) is 10.4. The van der Waals surface area contributed by atoms with E-state index in [1.165, 1.54) is 6.26 Å². The molecule has 2 heterocycles. The molecule has 2 fully saturated rings. The maximum Gasteiger partial charge on any atom is 0.211 e. The van der Waals surface area contributed by atoms with E-state index in [1.807, 2.05) is 0 Å². The van der Waals surface area contributed by atoms with Crippen molar-refractivity contribution in [3.05, 3.63) is 0 Å². The average molecular weight is 262 g/mol. The van der Waals surface area contributed by atoms with E-state index in [0.29, 0.717) is 25.0 Å². The van der Waals surface area contributed by atoms with Crippen molar-refractivity contribution >= 4 is 10.0 Å². The first-order valence-electron chi connectivity index (χ1n) is 6.32. The molecule has 100 valence electrons. The minimum atomic E-state index is -3.02. The van der Waals surface area contributed by atoms with Gasteiger partial charge in [-0.25, -0.2) is 12.7 Å². The van der Waals surface area contributed by atoms with Gasteiger partial charge in [-0.1, -0.05) is 0 Å². The Morgan fingerprint density at radius 3 is 2.88 bits per heavy atom. The van der Waals surface area contributed by atoms with E-state index in [9.17, 15) is 8.42 Å². The topological polar surface area (TPSA) is 58.6 Å². The number of ether oxygens (including phenoxy) is 1. The van der Waals surface area contributed by atoms with Gasteiger partial charge in [0.05, 0.1) is 12.9 Å². The van der Waals surface area contributed by atoms with E-state index in [0.717, 1.165) is 39.0 Å². The largest absolute Gasteiger partial charge is 0.380 e. The normalized spacial score (nSPS) is 31.8. The lowest BCUT2D eigenvalue weighted by Gasteiger charge is -2.31. The maximum absolute atomic E-state index is 11.5. The number of hydrogen-bond donors (Lipinski definition) is 1. The Morgan fingerprint density at radius 2 is 2.24 bits per heavy atom. The molecular formula is C11H22N2O3S. The highest BCUT2D eigenvalue weighted by atomic mass is 32.2. The third-order valence-electron chi connectivity index (χ3n) is 3.58. The molecule has 0 spiro atoms. The van der Waals surface area contributed by atoms with Crippen molar-refractivity contribution in [1.29, 1.82) is 0 Å². The summed E-state index contributed by atoms with van der Waals surface area (Å²) in [5.74, 6) is 0.444. The van der Waals surface area contributed by atoms with Crippen LogP contribution in [0.3, 0.4) is 0 Å². The predicted octanol–water partition coefficient (Wildman–Crippen LogP) is 0.0365. The molecule has 0 aliphatic carbocycles. The zero-order chi connectivity index (χ0) is 12.3. The Morgan fingerprint density at radius 1 is 1.41 bits per heavy atom. The van der Waals surface area contributed by atoms with Crippen molar-refractivity contribution in [2.45, 2.75) is 25.3 Å². The van der Waals surface area contributed by atoms with Crippen molar-refractivity contribution in [2.75, 3.05) is 39.1 Å². The fourth-order valence-corrected chi connectivity index (χ4v) is 3.47. The molecule has 0 radical (unpaired) electrons. The summed E-state index contributed by atoms with van der Waals surface area (Å²) in [6.07, 6.45) is 4.46. The molecule has 17 heavy (non-hydrogen) atoms. The van der Waals surface area contributed by atoms with Gasteiger partial charge in [-0.15, -0.1) is 0 Å². The van der Waals surface area contributed by atoms with E-state index < -0.39 is 10.0 Å². The van der Waals surface area contributed by atoms with E-state index in [-0.39, 0.29) is 0 Å². The van der Waals surface area contributed by atoms with Gasteiger partial charge in [0.25, 0.3) is 0 Å². The molecule has 2 unspecified atom stereocenters. The summed E-state index contributed by atoms with van der Waals surface area (Å²) in [4.78, 5) is 0. The van der Waals surface area contributed by atoms with Crippen LogP contribution in [-0.4, -0.2) is 57.9 Å². The van der Waals surface area contributed by atoms with E-state index in [1.54, 1.807) is 4.31 Å². The molecule has 5 nitrogen and oxygen atoms in total. The van der Waals surface area contributed by atoms with Gasteiger partial charge in [0.2, 0.25) is 10.0 Å². The lowest BCUT2D eigenvalue weighted by Crippen LogP contribution is -2.44. The second-order valence-electron chi connectivity index (χ2n) is 5.10. The van der Waals surface area contributed by atoms with Crippen molar-refractivity contribution in [2.24, 2.45) is 5.92 Å². The highest BCUT2D eigenvalue weighted by Crippen LogP contribution is 2.18. The van der Waals surface area contributed by atoms with Crippen LogP contribution < -0.4 is 5.32 Å². The Bertz CT molecular complexity index is 339. The summed E-state index contributed by atoms with van der Waals surface area (Å²) in [6, 6.07) is 0.462. The van der Waals surface area contributed by atoms with Gasteiger partial charge in [0, 0.05) is 25.7 Å². The van der Waals surface area contributed by atoms with Gasteiger partial charge in [-0.2, -0.15) is 0 Å². The molecule has 6 heteroatoms. The van der Waals surface area contributed by atoms with E-state index >= 15 is 0 Å². The van der Waals surface area contributed by atoms with Crippen LogP contribution in [0.15, 0.2) is 0 Å². The number of nitrogens with zero attached hydrogens (tertiary/aromatic N) is 1. The number of hydrogen-bond acceptors (Lipinski definition) is 4. The second kappa shape index (κ2) is 5.65. The Balaban J connectivity index is 1.77. The highest BCUT2D eigenvalue weighted by molar-refractivity contribution is 7.88. The molecule has 2 aliphatic rings. The molecule has 0 saturated carbocycles. The lowest BCUT2D eigenvalue weighted by atomic mass is 9.99. The average Bonchev–Trinajstić information content (AvgIpc) is 2.78. The summed E-state index contributed by atoms with van der Waals surface area (Å²) >= 11 is 0. The van der Waals surface area contributed by atoms with Crippen molar-refractivity contribution < 1.29 is 13.2 Å². The molecule has 0 aromatic heterocycles. The minimum absolute atomic E-state index is 0.444. The molecule has 2 atom stereocenters. The van der Waals surface area contributed by atoms with Crippen LogP contribution in [0, 0.1) is 5.92 Å². The molecular weight excluding hydrogens is 240 g/mol. The van der Waals surface area contributed by atoms with Crippen LogP contribution in [0.1, 0.15) is 19.3 Å². The van der Waals surface area contributed by atoms with E-state index in [2.05, 4.69) is 5.32 Å². The Hall–Kier alpha value is -0.170. The summed E-state index contributed by atoms with van der Waals surface area (Å²) in [5, 5.41) is 3.48. The van der Waals surface area contributed by atoms with Gasteiger partial charge in [-0.3, -0.25) is 0 Å². The number of sulfonamides is 1. The number of rotatable bonds is 4. The Labute approximate surface area is 104 Å². The summed E-state index contributed by atoms with van der Waals surface area (Å²) in [5.41, 5.74) is 0. The van der Waals surface area contributed by atoms with Crippen LogP contribution in [0.4, 0.5) is 0 Å². The highest BCUT2D eigenvalue weighted by Gasteiger charge is 2.26. The van der Waals surface area contributed by atoms with Gasteiger partial charge in [0.15, 0.2) is 0 Å². The van der Waals surface area contributed by atoms with Crippen LogP contribution in [0.5, 0.6) is 0 Å². The standard InChI is InChI=1S/C11H22N2O3S/c1-17(14,15)13-5-2-3-10(8-13)7-12-11-4-6-16-9-11/h10-12H,2-9H2,1H3.